The highest BCUT2D eigenvalue weighted by Crippen LogP contribution is 2.30. The van der Waals surface area contributed by atoms with Crippen molar-refractivity contribution in [3.05, 3.63) is 66.2 Å². The van der Waals surface area contributed by atoms with Gasteiger partial charge in [0, 0.05) is 22.4 Å². The molecule has 4 aromatic rings. The van der Waals surface area contributed by atoms with Crippen LogP contribution in [0.2, 0.25) is 0 Å². The third-order valence-corrected chi connectivity index (χ3v) is 4.98. The number of H-pyrrole nitrogens is 1. The zero-order valence-electron chi connectivity index (χ0n) is 14.3. The van der Waals surface area contributed by atoms with Crippen molar-refractivity contribution in [1.29, 1.82) is 0 Å². The van der Waals surface area contributed by atoms with Gasteiger partial charge >= 0.3 is 5.97 Å². The van der Waals surface area contributed by atoms with E-state index >= 15 is 0 Å². The van der Waals surface area contributed by atoms with E-state index in [0.29, 0.717) is 0 Å². The van der Waals surface area contributed by atoms with Crippen molar-refractivity contribution >= 4 is 43.6 Å². The molecule has 0 spiro atoms. The summed E-state index contributed by atoms with van der Waals surface area (Å²) >= 11 is 0. The van der Waals surface area contributed by atoms with Crippen molar-refractivity contribution in [3.8, 4) is 5.75 Å². The van der Waals surface area contributed by atoms with Crippen molar-refractivity contribution < 1.29 is 28.0 Å². The molecule has 6 N–H and O–H groups in total. The summed E-state index contributed by atoms with van der Waals surface area (Å²) in [6, 6.07) is 16.3. The van der Waals surface area contributed by atoms with Gasteiger partial charge in [0.05, 0.1) is 11.2 Å². The van der Waals surface area contributed by atoms with Crippen LogP contribution in [-0.4, -0.2) is 34.1 Å². The Hall–Kier alpha value is -3.56. The van der Waals surface area contributed by atoms with Crippen molar-refractivity contribution in [2.45, 2.75) is 4.90 Å². The summed E-state index contributed by atoms with van der Waals surface area (Å²) in [6.07, 6.45) is 0. The summed E-state index contributed by atoms with van der Waals surface area (Å²) in [5.41, 5.74) is 6.89. The largest absolute Gasteiger partial charge is 0.507 e. The number of benzene rings is 3. The molecule has 144 valence electrons. The number of aromatic nitrogens is 1. The molecule has 0 aliphatic heterocycles. The van der Waals surface area contributed by atoms with Crippen LogP contribution in [0, 0.1) is 0 Å². The number of hydrogen-bond acceptors (Lipinski definition) is 5. The molecule has 0 atom stereocenters. The Labute approximate surface area is 159 Å². The van der Waals surface area contributed by atoms with Gasteiger partial charge in [0.25, 0.3) is 10.1 Å². The number of aromatic carboxylic acids is 1. The van der Waals surface area contributed by atoms with E-state index in [4.69, 9.17) is 15.4 Å². The highest BCUT2D eigenvalue weighted by molar-refractivity contribution is 7.86. The van der Waals surface area contributed by atoms with Crippen molar-refractivity contribution in [2.75, 3.05) is 5.73 Å². The Kier molecular flexibility index (Phi) is 4.95. The molecule has 1 aromatic heterocycles. The van der Waals surface area contributed by atoms with Gasteiger partial charge in [-0.05, 0) is 24.3 Å². The first-order valence-electron chi connectivity index (χ1n) is 7.97. The van der Waals surface area contributed by atoms with E-state index in [1.165, 1.54) is 30.3 Å². The van der Waals surface area contributed by atoms with Crippen LogP contribution in [0.3, 0.4) is 0 Å². The van der Waals surface area contributed by atoms with E-state index in [0.717, 1.165) is 21.8 Å². The smallest absolute Gasteiger partial charge is 0.339 e. The fourth-order valence-corrected chi connectivity index (χ4v) is 3.39. The van der Waals surface area contributed by atoms with Crippen molar-refractivity contribution in [3.63, 3.8) is 0 Å². The van der Waals surface area contributed by atoms with Crippen LogP contribution in [0.15, 0.2) is 65.6 Å². The molecule has 0 fully saturated rings. The second kappa shape index (κ2) is 7.22. The average molecular weight is 400 g/mol. The van der Waals surface area contributed by atoms with Gasteiger partial charge in [-0.3, -0.25) is 4.55 Å². The van der Waals surface area contributed by atoms with Gasteiger partial charge in [0.2, 0.25) is 0 Å². The summed E-state index contributed by atoms with van der Waals surface area (Å²) in [5.74, 6) is -1.36. The fourth-order valence-electron chi connectivity index (χ4n) is 2.77. The number of hydrogen-bond donors (Lipinski definition) is 5. The van der Waals surface area contributed by atoms with Gasteiger partial charge < -0.3 is 20.9 Å². The van der Waals surface area contributed by atoms with Gasteiger partial charge in [-0.2, -0.15) is 8.42 Å². The number of carbonyl (C=O) groups is 1. The normalized spacial score (nSPS) is 11.2. The Morgan fingerprint density at radius 2 is 1.57 bits per heavy atom. The van der Waals surface area contributed by atoms with E-state index in [1.54, 1.807) is 6.07 Å². The number of nitrogen functional groups attached to an aromatic ring is 1. The van der Waals surface area contributed by atoms with E-state index in [2.05, 4.69) is 4.98 Å². The zero-order valence-corrected chi connectivity index (χ0v) is 15.1. The first-order valence-corrected chi connectivity index (χ1v) is 9.41. The predicted molar refractivity (Wildman–Crippen MR) is 105 cm³/mol. The quantitative estimate of drug-likeness (QED) is 0.256. The molecule has 0 amide bonds. The molecular formula is C19H16N2O6S. The molecule has 0 bridgehead atoms. The number of nitrogens with two attached hydrogens (primary N) is 1. The zero-order chi connectivity index (χ0) is 20.5. The molecule has 0 saturated heterocycles. The van der Waals surface area contributed by atoms with Gasteiger partial charge in [-0.25, -0.2) is 4.79 Å². The first-order chi connectivity index (χ1) is 13.2. The average Bonchev–Trinajstić information content (AvgIpc) is 2.98. The molecule has 0 radical (unpaired) electrons. The molecule has 1 heterocycles. The number of aromatic hydroxyl groups is 1. The molecule has 0 saturated carbocycles. The number of aromatic amines is 1. The van der Waals surface area contributed by atoms with Crippen LogP contribution in [0.1, 0.15) is 10.4 Å². The van der Waals surface area contributed by atoms with Crippen LogP contribution < -0.4 is 5.73 Å². The second-order valence-corrected chi connectivity index (χ2v) is 7.29. The summed E-state index contributed by atoms with van der Waals surface area (Å²) in [7, 11) is -4.16. The number of fused-ring (bicyclic) bond motifs is 3. The van der Waals surface area contributed by atoms with Crippen LogP contribution in [-0.2, 0) is 10.1 Å². The van der Waals surface area contributed by atoms with Gasteiger partial charge in [-0.15, -0.1) is 0 Å². The van der Waals surface area contributed by atoms with Crippen LogP contribution in [0.5, 0.6) is 5.75 Å². The molecule has 0 unspecified atom stereocenters. The Morgan fingerprint density at radius 3 is 2.18 bits per heavy atom. The monoisotopic (exact) mass is 400 g/mol. The molecule has 9 heteroatoms. The Morgan fingerprint density at radius 1 is 0.929 bits per heavy atom. The van der Waals surface area contributed by atoms with E-state index in [1.807, 2.05) is 24.3 Å². The third kappa shape index (κ3) is 3.75. The van der Waals surface area contributed by atoms with E-state index in [9.17, 15) is 18.3 Å². The Balaban J connectivity index is 0.000000178. The third-order valence-electron chi connectivity index (χ3n) is 4.05. The molecule has 4 rings (SSSR count). The number of rotatable bonds is 2. The summed E-state index contributed by atoms with van der Waals surface area (Å²) in [4.78, 5) is 13.8. The fraction of sp³-hybridized carbons (Fsp3) is 0. The van der Waals surface area contributed by atoms with E-state index < -0.39 is 16.1 Å². The number of nitrogens with one attached hydrogen (secondary N) is 1. The standard InChI is InChI=1S/C13H9NO3.C6H7NO3S/c15-12-6-11-8(5-9(12)13(16)17)7-3-1-2-4-10(7)14-11;7-5-3-1-2-4-6(5)11(8,9)10/h1-6,14-15H,(H,16,17);1-4H,7H2,(H,8,9,10). The molecule has 8 nitrogen and oxygen atoms in total. The van der Waals surface area contributed by atoms with E-state index in [-0.39, 0.29) is 21.9 Å². The summed E-state index contributed by atoms with van der Waals surface area (Å²) in [5, 5.41) is 20.3. The Bertz CT molecular complexity index is 1290. The minimum absolute atomic E-state index is 0.0509. The predicted octanol–water partition coefficient (Wildman–Crippen LogP) is 3.24. The van der Waals surface area contributed by atoms with Crippen LogP contribution >= 0.6 is 0 Å². The van der Waals surface area contributed by atoms with Gasteiger partial charge in [0.1, 0.15) is 16.2 Å². The SMILES string of the molecule is Nc1ccccc1S(=O)(=O)O.O=C(O)c1cc2c(cc1O)[nH]c1ccccc12. The number of para-hydroxylation sites is 2. The maximum atomic E-state index is 11.0. The number of phenols is 1. The molecule has 28 heavy (non-hydrogen) atoms. The maximum Gasteiger partial charge on any atom is 0.339 e. The summed E-state index contributed by atoms with van der Waals surface area (Å²) < 4.78 is 29.6. The van der Waals surface area contributed by atoms with Gasteiger partial charge in [0.15, 0.2) is 0 Å². The van der Waals surface area contributed by atoms with Crippen molar-refractivity contribution in [2.24, 2.45) is 0 Å². The summed E-state index contributed by atoms with van der Waals surface area (Å²) in [6.45, 7) is 0. The van der Waals surface area contributed by atoms with Gasteiger partial charge in [-0.1, -0.05) is 30.3 Å². The topological polar surface area (TPSA) is 154 Å². The lowest BCUT2D eigenvalue weighted by atomic mass is 10.1. The molecular weight excluding hydrogens is 384 g/mol. The number of anilines is 1. The van der Waals surface area contributed by atoms with Crippen LogP contribution in [0.25, 0.3) is 21.8 Å². The van der Waals surface area contributed by atoms with Crippen molar-refractivity contribution in [1.82, 2.24) is 4.98 Å². The molecule has 0 aliphatic carbocycles. The minimum atomic E-state index is -4.16. The number of carboxylic acids is 1. The maximum absolute atomic E-state index is 11.0. The van der Waals surface area contributed by atoms with Crippen LogP contribution in [0.4, 0.5) is 5.69 Å². The lowest BCUT2D eigenvalue weighted by molar-refractivity contribution is 0.0694. The molecule has 3 aromatic carbocycles. The highest BCUT2D eigenvalue weighted by Gasteiger charge is 2.13. The second-order valence-electron chi connectivity index (χ2n) is 5.90. The molecule has 0 aliphatic rings. The lowest BCUT2D eigenvalue weighted by Crippen LogP contribution is -2.01. The number of carboxylic acid groups (broad SMARTS) is 1. The highest BCUT2D eigenvalue weighted by atomic mass is 32.2. The first kappa shape index (κ1) is 19.2. The lowest BCUT2D eigenvalue weighted by Gasteiger charge is -1.99. The minimum Gasteiger partial charge on any atom is -0.507 e.